The Hall–Kier alpha value is -3.48. The number of carbonyl (C=O) groups is 4. The SMILES string of the molecule is O=C(NC(CC1CCCCC1)C(=O)N1CCC2C1C(=O)CN2S(=O)(=O)C(=O)c1ccccn1)c1csc2ccccc12. The highest BCUT2D eigenvalue weighted by Crippen LogP contribution is 2.35. The first kappa shape index (κ1) is 28.6. The Bertz CT molecular complexity index is 1630. The van der Waals surface area contributed by atoms with Crippen LogP contribution < -0.4 is 5.32 Å². The number of benzene rings is 1. The first-order valence-corrected chi connectivity index (χ1v) is 16.6. The van der Waals surface area contributed by atoms with Gasteiger partial charge < -0.3 is 10.2 Å². The Kier molecular flexibility index (Phi) is 7.95. The Balaban J connectivity index is 1.24. The number of likely N-dealkylation sites (tertiary alicyclic amines) is 1. The maximum absolute atomic E-state index is 14.1. The number of amides is 2. The molecule has 1 aliphatic carbocycles. The molecule has 3 aromatic rings. The van der Waals surface area contributed by atoms with Gasteiger partial charge in [-0.2, -0.15) is 4.31 Å². The second kappa shape index (κ2) is 11.7. The summed E-state index contributed by atoms with van der Waals surface area (Å²) in [6.45, 7) is -0.331. The highest BCUT2D eigenvalue weighted by Gasteiger charge is 2.55. The molecule has 1 aromatic carbocycles. The molecule has 1 N–H and O–H groups in total. The number of hydrogen-bond donors (Lipinski definition) is 1. The minimum absolute atomic E-state index is 0.155. The van der Waals surface area contributed by atoms with Crippen LogP contribution in [0.2, 0.25) is 0 Å². The Morgan fingerprint density at radius 1 is 1.02 bits per heavy atom. The third-order valence-corrected chi connectivity index (χ3v) is 11.4. The summed E-state index contributed by atoms with van der Waals surface area (Å²) in [6, 6.07) is 9.30. The molecule has 6 rings (SSSR count). The number of thiophene rings is 1. The molecule has 220 valence electrons. The van der Waals surface area contributed by atoms with Crippen LogP contribution in [0.25, 0.3) is 10.1 Å². The Labute approximate surface area is 248 Å². The molecular formula is C30H32N4O6S2. The van der Waals surface area contributed by atoms with Crippen molar-refractivity contribution in [2.24, 2.45) is 5.92 Å². The van der Waals surface area contributed by atoms with Crippen molar-refractivity contribution in [1.29, 1.82) is 0 Å². The van der Waals surface area contributed by atoms with Crippen molar-refractivity contribution >= 4 is 54.2 Å². The number of hydrogen-bond acceptors (Lipinski definition) is 8. The molecule has 10 nitrogen and oxygen atoms in total. The van der Waals surface area contributed by atoms with Crippen LogP contribution in [-0.2, 0) is 19.6 Å². The number of nitrogens with zero attached hydrogens (tertiary/aromatic N) is 3. The maximum Gasteiger partial charge on any atom is 0.310 e. The highest BCUT2D eigenvalue weighted by atomic mass is 32.2. The van der Waals surface area contributed by atoms with Gasteiger partial charge in [-0.1, -0.05) is 56.4 Å². The fourth-order valence-electron chi connectivity index (χ4n) is 6.63. The number of sulfonamides is 1. The van der Waals surface area contributed by atoms with Crippen LogP contribution in [0.1, 0.15) is 65.8 Å². The van der Waals surface area contributed by atoms with Crippen molar-refractivity contribution in [3.05, 3.63) is 65.3 Å². The molecule has 2 amide bonds. The van der Waals surface area contributed by atoms with Gasteiger partial charge in [0.05, 0.1) is 18.2 Å². The summed E-state index contributed by atoms with van der Waals surface area (Å²) in [4.78, 5) is 59.0. The van der Waals surface area contributed by atoms with Crippen molar-refractivity contribution in [3.8, 4) is 0 Å². The zero-order valence-electron chi connectivity index (χ0n) is 23.0. The lowest BCUT2D eigenvalue weighted by Gasteiger charge is -2.31. The van der Waals surface area contributed by atoms with Crippen LogP contribution in [0.3, 0.4) is 0 Å². The van der Waals surface area contributed by atoms with Gasteiger partial charge in [0, 0.05) is 28.2 Å². The number of ketones is 1. The molecule has 4 heterocycles. The Morgan fingerprint density at radius 2 is 1.79 bits per heavy atom. The number of fused-ring (bicyclic) bond motifs is 2. The largest absolute Gasteiger partial charge is 0.340 e. The predicted molar refractivity (Wildman–Crippen MR) is 157 cm³/mol. The van der Waals surface area contributed by atoms with Crippen molar-refractivity contribution in [1.82, 2.24) is 19.5 Å². The van der Waals surface area contributed by atoms with E-state index in [-0.39, 0.29) is 36.4 Å². The zero-order valence-corrected chi connectivity index (χ0v) is 24.6. The molecule has 2 aliphatic heterocycles. The lowest BCUT2D eigenvalue weighted by Crippen LogP contribution is -2.53. The van der Waals surface area contributed by atoms with Crippen LogP contribution in [0.4, 0.5) is 0 Å². The number of pyridine rings is 1. The molecular weight excluding hydrogens is 576 g/mol. The molecule has 42 heavy (non-hydrogen) atoms. The number of rotatable bonds is 7. The lowest BCUT2D eigenvalue weighted by atomic mass is 9.84. The second-order valence-electron chi connectivity index (χ2n) is 11.3. The average molecular weight is 609 g/mol. The van der Waals surface area contributed by atoms with E-state index >= 15 is 0 Å². The molecule has 3 fully saturated rings. The summed E-state index contributed by atoms with van der Waals surface area (Å²) >= 11 is 1.46. The van der Waals surface area contributed by atoms with E-state index < -0.39 is 45.6 Å². The van der Waals surface area contributed by atoms with Crippen LogP contribution in [0, 0.1) is 5.92 Å². The van der Waals surface area contributed by atoms with Crippen LogP contribution >= 0.6 is 11.3 Å². The van der Waals surface area contributed by atoms with E-state index in [1.165, 1.54) is 34.6 Å². The second-order valence-corrected chi connectivity index (χ2v) is 14.0. The zero-order chi connectivity index (χ0) is 29.4. The summed E-state index contributed by atoms with van der Waals surface area (Å²) in [5, 5.41) is 4.41. The molecule has 12 heteroatoms. The van der Waals surface area contributed by atoms with E-state index in [1.807, 2.05) is 24.3 Å². The molecule has 3 atom stereocenters. The average Bonchev–Trinajstić information content (AvgIpc) is 3.72. The summed E-state index contributed by atoms with van der Waals surface area (Å²) in [6.07, 6.45) is 7.22. The van der Waals surface area contributed by atoms with Gasteiger partial charge in [-0.05, 0) is 37.0 Å². The van der Waals surface area contributed by atoms with Gasteiger partial charge in [-0.25, -0.2) is 8.42 Å². The minimum Gasteiger partial charge on any atom is -0.340 e. The lowest BCUT2D eigenvalue weighted by molar-refractivity contribution is -0.138. The number of nitrogens with one attached hydrogen (secondary N) is 1. The Morgan fingerprint density at radius 3 is 2.55 bits per heavy atom. The molecule has 0 spiro atoms. The molecule has 0 bridgehead atoms. The van der Waals surface area contributed by atoms with Gasteiger partial charge in [-0.3, -0.25) is 24.2 Å². The fraction of sp³-hybridized carbons (Fsp3) is 0.433. The maximum atomic E-state index is 14.1. The van der Waals surface area contributed by atoms with Crippen LogP contribution in [-0.4, -0.2) is 76.5 Å². The van der Waals surface area contributed by atoms with Gasteiger partial charge >= 0.3 is 5.12 Å². The summed E-state index contributed by atoms with van der Waals surface area (Å²) in [5.74, 6) is -0.905. The molecule has 0 radical (unpaired) electrons. The van der Waals surface area contributed by atoms with Crippen molar-refractivity contribution in [2.75, 3.05) is 13.1 Å². The topological polar surface area (TPSA) is 134 Å². The number of Topliss-reactive ketones (excluding diaryl/α,β-unsaturated/α-hetero) is 1. The quantitative estimate of drug-likeness (QED) is 0.435. The van der Waals surface area contributed by atoms with Crippen LogP contribution in [0.15, 0.2) is 54.0 Å². The predicted octanol–water partition coefficient (Wildman–Crippen LogP) is 3.39. The molecule has 3 unspecified atom stereocenters. The molecule has 3 aliphatic rings. The molecule has 2 aromatic heterocycles. The summed E-state index contributed by atoms with van der Waals surface area (Å²) in [7, 11) is -4.54. The standard InChI is InChI=1S/C30H32N4O6S2/c35-25-17-34(42(39,40)30(38)22-11-6-7-14-31-22)24-13-15-33(27(24)25)29(37)23(16-19-8-2-1-3-9-19)32-28(36)21-18-41-26-12-5-4-10-20(21)26/h4-7,10-12,14,18-19,23-24,27H,1-3,8-9,13,15-17H2,(H,32,36). The molecule has 1 saturated carbocycles. The fourth-order valence-corrected chi connectivity index (χ4v) is 9.04. The van der Waals surface area contributed by atoms with Gasteiger partial charge in [0.2, 0.25) is 5.91 Å². The first-order valence-electron chi connectivity index (χ1n) is 14.3. The van der Waals surface area contributed by atoms with Gasteiger partial charge in [0.25, 0.3) is 15.9 Å². The van der Waals surface area contributed by atoms with Gasteiger partial charge in [-0.15, -0.1) is 11.3 Å². The van der Waals surface area contributed by atoms with Crippen molar-refractivity contribution in [2.45, 2.75) is 63.1 Å². The van der Waals surface area contributed by atoms with E-state index in [0.717, 1.165) is 46.5 Å². The number of aromatic nitrogens is 1. The third-order valence-electron chi connectivity index (χ3n) is 8.70. The monoisotopic (exact) mass is 608 g/mol. The van der Waals surface area contributed by atoms with Crippen LogP contribution in [0.5, 0.6) is 0 Å². The van der Waals surface area contributed by atoms with Crippen molar-refractivity contribution < 1.29 is 27.6 Å². The van der Waals surface area contributed by atoms with E-state index in [1.54, 1.807) is 11.4 Å². The first-order chi connectivity index (χ1) is 20.3. The van der Waals surface area contributed by atoms with E-state index in [4.69, 9.17) is 0 Å². The van der Waals surface area contributed by atoms with Crippen molar-refractivity contribution in [3.63, 3.8) is 0 Å². The van der Waals surface area contributed by atoms with E-state index in [9.17, 15) is 27.6 Å². The van der Waals surface area contributed by atoms with Gasteiger partial charge in [0.15, 0.2) is 5.78 Å². The van der Waals surface area contributed by atoms with Gasteiger partial charge in [0.1, 0.15) is 17.8 Å². The third kappa shape index (κ3) is 5.27. The normalized spacial score (nSPS) is 22.3. The summed E-state index contributed by atoms with van der Waals surface area (Å²) < 4.78 is 28.5. The smallest absolute Gasteiger partial charge is 0.310 e. The molecule has 2 saturated heterocycles. The van der Waals surface area contributed by atoms with E-state index in [0.29, 0.717) is 12.0 Å². The minimum atomic E-state index is -4.54. The highest BCUT2D eigenvalue weighted by molar-refractivity contribution is 8.04. The number of carbonyl (C=O) groups excluding carboxylic acids is 4. The van der Waals surface area contributed by atoms with E-state index in [2.05, 4.69) is 10.3 Å². The summed E-state index contributed by atoms with van der Waals surface area (Å²) in [5.41, 5.74) is 0.272.